The van der Waals surface area contributed by atoms with Crippen LogP contribution in [0.15, 0.2) is 29.4 Å². The maximum absolute atomic E-state index is 13.0. The van der Waals surface area contributed by atoms with Crippen molar-refractivity contribution in [3.8, 4) is 11.1 Å². The lowest BCUT2D eigenvalue weighted by Gasteiger charge is -2.15. The molecule has 11 heteroatoms. The van der Waals surface area contributed by atoms with Crippen LogP contribution >= 0.6 is 11.3 Å². The summed E-state index contributed by atoms with van der Waals surface area (Å²) in [5, 5.41) is 15.9. The number of nitrogens with zero attached hydrogens (tertiary/aromatic N) is 3. The molecule has 0 saturated heterocycles. The first-order chi connectivity index (χ1) is 14.7. The molecule has 166 valence electrons. The Labute approximate surface area is 186 Å². The standard InChI is InChI=1S/C20H25N5O4S2/c1-5-21-18(26)25-19-24-14-8-13(12-10-22-17(23-11-12)20(2,3)27)16(9-15(14)30-19)31(28)7-6-29-4/h8-11,27H,5-7H2,1-4H3,(H2,21,24,25,26). The summed E-state index contributed by atoms with van der Waals surface area (Å²) < 4.78 is 18.9. The van der Waals surface area contributed by atoms with Crippen LogP contribution in [0, 0.1) is 0 Å². The second kappa shape index (κ2) is 9.77. The van der Waals surface area contributed by atoms with E-state index in [-0.39, 0.29) is 6.03 Å². The zero-order chi connectivity index (χ0) is 22.6. The normalized spacial score (nSPS) is 12.7. The van der Waals surface area contributed by atoms with Crippen molar-refractivity contribution in [2.75, 3.05) is 31.3 Å². The van der Waals surface area contributed by atoms with Crippen molar-refractivity contribution in [1.29, 1.82) is 0 Å². The summed E-state index contributed by atoms with van der Waals surface area (Å²) in [6, 6.07) is 3.30. The number of rotatable bonds is 8. The van der Waals surface area contributed by atoms with Crippen LogP contribution in [0.2, 0.25) is 0 Å². The third-order valence-corrected chi connectivity index (χ3v) is 6.58. The summed E-state index contributed by atoms with van der Waals surface area (Å²) in [5.74, 6) is 0.627. The molecule has 0 bridgehead atoms. The average Bonchev–Trinajstić information content (AvgIpc) is 3.11. The molecule has 3 aromatic rings. The van der Waals surface area contributed by atoms with E-state index >= 15 is 0 Å². The highest BCUT2D eigenvalue weighted by atomic mass is 32.2. The van der Waals surface area contributed by atoms with Crippen LogP contribution < -0.4 is 10.6 Å². The van der Waals surface area contributed by atoms with Gasteiger partial charge in [-0.15, -0.1) is 0 Å². The number of fused-ring (bicyclic) bond motifs is 1. The van der Waals surface area contributed by atoms with Crippen LogP contribution in [-0.4, -0.2) is 56.3 Å². The number of aliphatic hydroxyl groups is 1. The van der Waals surface area contributed by atoms with Crippen molar-refractivity contribution in [3.05, 3.63) is 30.4 Å². The van der Waals surface area contributed by atoms with Crippen LogP contribution in [0.25, 0.3) is 21.3 Å². The van der Waals surface area contributed by atoms with Gasteiger partial charge in [0.25, 0.3) is 0 Å². The molecule has 0 fully saturated rings. The zero-order valence-corrected chi connectivity index (χ0v) is 19.4. The van der Waals surface area contributed by atoms with Crippen LogP contribution in [0.4, 0.5) is 9.93 Å². The molecule has 0 spiro atoms. The highest BCUT2D eigenvalue weighted by molar-refractivity contribution is 7.85. The maximum Gasteiger partial charge on any atom is 0.321 e. The molecular formula is C20H25N5O4S2. The second-order valence-electron chi connectivity index (χ2n) is 7.22. The average molecular weight is 464 g/mol. The Morgan fingerprint density at radius 1 is 1.29 bits per heavy atom. The van der Waals surface area contributed by atoms with Crippen LogP contribution in [-0.2, 0) is 21.1 Å². The number of hydrogen-bond acceptors (Lipinski definition) is 8. The van der Waals surface area contributed by atoms with E-state index < -0.39 is 16.4 Å². The minimum Gasteiger partial charge on any atom is -0.384 e. The molecule has 1 atom stereocenters. The van der Waals surface area contributed by atoms with Gasteiger partial charge >= 0.3 is 6.03 Å². The fourth-order valence-electron chi connectivity index (χ4n) is 2.78. The van der Waals surface area contributed by atoms with Gasteiger partial charge < -0.3 is 15.2 Å². The van der Waals surface area contributed by atoms with Crippen LogP contribution in [0.3, 0.4) is 0 Å². The zero-order valence-electron chi connectivity index (χ0n) is 17.8. The number of thiazole rings is 1. The fraction of sp³-hybridized carbons (Fsp3) is 0.400. The molecule has 0 saturated carbocycles. The quantitative estimate of drug-likeness (QED) is 0.469. The molecule has 2 amide bonds. The first kappa shape index (κ1) is 23.2. The molecule has 9 nitrogen and oxygen atoms in total. The van der Waals surface area contributed by atoms with Crippen molar-refractivity contribution in [2.45, 2.75) is 31.3 Å². The first-order valence-electron chi connectivity index (χ1n) is 9.65. The Kier molecular flexibility index (Phi) is 7.31. The number of carbonyl (C=O) groups is 1. The number of methoxy groups -OCH3 is 1. The molecule has 3 N–H and O–H groups in total. The van der Waals surface area contributed by atoms with Crippen LogP contribution in [0.1, 0.15) is 26.6 Å². The smallest absolute Gasteiger partial charge is 0.321 e. The summed E-state index contributed by atoms with van der Waals surface area (Å²) in [6.07, 6.45) is 3.19. The number of hydrogen-bond donors (Lipinski definition) is 3. The van der Waals surface area contributed by atoms with Gasteiger partial charge in [-0.2, -0.15) is 0 Å². The van der Waals surface area contributed by atoms with Gasteiger partial charge in [0, 0.05) is 42.1 Å². The third kappa shape index (κ3) is 5.62. The Morgan fingerprint density at radius 3 is 2.61 bits per heavy atom. The van der Waals surface area contributed by atoms with E-state index in [2.05, 4.69) is 25.6 Å². The van der Waals surface area contributed by atoms with E-state index in [1.54, 1.807) is 33.4 Å². The van der Waals surface area contributed by atoms with Gasteiger partial charge in [-0.1, -0.05) is 11.3 Å². The number of carbonyl (C=O) groups excluding carboxylic acids is 1. The molecule has 1 unspecified atom stereocenters. The number of ether oxygens (including phenoxy) is 1. The number of amides is 2. The van der Waals surface area contributed by atoms with E-state index in [4.69, 9.17) is 4.74 Å². The number of benzene rings is 1. The van der Waals surface area contributed by atoms with Gasteiger partial charge in [-0.3, -0.25) is 9.53 Å². The Hall–Kier alpha value is -2.47. The van der Waals surface area contributed by atoms with Gasteiger partial charge in [-0.25, -0.2) is 19.7 Å². The molecule has 2 heterocycles. The van der Waals surface area contributed by atoms with E-state index in [0.717, 1.165) is 4.70 Å². The lowest BCUT2D eigenvalue weighted by Crippen LogP contribution is -2.28. The molecule has 0 aliphatic carbocycles. The number of nitrogens with one attached hydrogen (secondary N) is 2. The molecule has 0 aliphatic rings. The third-order valence-electron chi connectivity index (χ3n) is 4.28. The van der Waals surface area contributed by atoms with Gasteiger partial charge in [0.05, 0.1) is 33.4 Å². The predicted octanol–water partition coefficient (Wildman–Crippen LogP) is 2.88. The summed E-state index contributed by atoms with van der Waals surface area (Å²) in [6.45, 7) is 5.90. The maximum atomic E-state index is 13.0. The van der Waals surface area contributed by atoms with Crippen LogP contribution in [0.5, 0.6) is 0 Å². The molecule has 31 heavy (non-hydrogen) atoms. The van der Waals surface area contributed by atoms with Crippen molar-refractivity contribution < 1.29 is 18.8 Å². The largest absolute Gasteiger partial charge is 0.384 e. The monoisotopic (exact) mass is 463 g/mol. The van der Waals surface area contributed by atoms with E-state index in [1.807, 2.05) is 19.1 Å². The Morgan fingerprint density at radius 2 is 2.00 bits per heavy atom. The van der Waals surface area contributed by atoms with E-state index in [9.17, 15) is 14.1 Å². The Bertz CT molecular complexity index is 1090. The second-order valence-corrected chi connectivity index (χ2v) is 9.79. The summed E-state index contributed by atoms with van der Waals surface area (Å²) >= 11 is 1.30. The summed E-state index contributed by atoms with van der Waals surface area (Å²) in [7, 11) is 0.233. The molecule has 2 aromatic heterocycles. The van der Waals surface area contributed by atoms with Crippen molar-refractivity contribution in [1.82, 2.24) is 20.3 Å². The topological polar surface area (TPSA) is 126 Å². The first-order valence-corrected chi connectivity index (χ1v) is 11.8. The molecule has 0 radical (unpaired) electrons. The van der Waals surface area contributed by atoms with E-state index in [0.29, 0.717) is 51.4 Å². The van der Waals surface area contributed by atoms with E-state index in [1.165, 1.54) is 11.3 Å². The summed E-state index contributed by atoms with van der Waals surface area (Å²) in [5.41, 5.74) is 0.827. The highest BCUT2D eigenvalue weighted by Crippen LogP contribution is 2.35. The van der Waals surface area contributed by atoms with Crippen molar-refractivity contribution >= 4 is 43.5 Å². The molecular weight excluding hydrogens is 438 g/mol. The lowest BCUT2D eigenvalue weighted by atomic mass is 10.1. The van der Waals surface area contributed by atoms with Gasteiger partial charge in [0.15, 0.2) is 11.0 Å². The summed E-state index contributed by atoms with van der Waals surface area (Å²) in [4.78, 5) is 25.5. The van der Waals surface area contributed by atoms with Gasteiger partial charge in [-0.05, 0) is 32.9 Å². The number of urea groups is 1. The predicted molar refractivity (Wildman–Crippen MR) is 122 cm³/mol. The SMILES string of the molecule is CCNC(=O)Nc1nc2cc(-c3cnc(C(C)(C)O)nc3)c(S(=O)CCOC)cc2s1. The van der Waals surface area contributed by atoms with Gasteiger partial charge in [0.1, 0.15) is 5.60 Å². The molecule has 3 rings (SSSR count). The minimum atomic E-state index is -1.33. The highest BCUT2D eigenvalue weighted by Gasteiger charge is 2.21. The fourth-order valence-corrected chi connectivity index (χ4v) is 4.94. The number of aromatic nitrogens is 3. The van der Waals surface area contributed by atoms with Gasteiger partial charge in [0.2, 0.25) is 0 Å². The lowest BCUT2D eigenvalue weighted by molar-refractivity contribution is 0.0687. The van der Waals surface area contributed by atoms with Crippen molar-refractivity contribution in [3.63, 3.8) is 0 Å². The molecule has 1 aromatic carbocycles. The number of anilines is 1. The Balaban J connectivity index is 2.06. The molecule has 0 aliphatic heterocycles. The minimum absolute atomic E-state index is 0.293. The van der Waals surface area contributed by atoms with Crippen molar-refractivity contribution in [2.24, 2.45) is 0 Å².